The van der Waals surface area contributed by atoms with Crippen LogP contribution in [0.1, 0.15) is 32.4 Å². The largest absolute Gasteiger partial charge is 0.496 e. The lowest BCUT2D eigenvalue weighted by Crippen LogP contribution is -2.34. The van der Waals surface area contributed by atoms with Crippen LogP contribution in [-0.4, -0.2) is 23.2 Å². The molecule has 0 bridgehead atoms. The Morgan fingerprint density at radius 1 is 1.31 bits per heavy atom. The predicted octanol–water partition coefficient (Wildman–Crippen LogP) is 3.70. The van der Waals surface area contributed by atoms with Crippen molar-refractivity contribution in [3.8, 4) is 17.1 Å². The SMILES string of the molecule is COc1cc(NC(=S)NC(=O)CCC(C)C)ccc1-c1ccc(CO)o1. The van der Waals surface area contributed by atoms with Gasteiger partial charge < -0.3 is 24.9 Å². The number of amides is 1. The molecule has 2 rings (SSSR count). The fraction of sp³-hybridized carbons (Fsp3) is 0.368. The van der Waals surface area contributed by atoms with Crippen molar-refractivity contribution in [1.29, 1.82) is 0 Å². The topological polar surface area (TPSA) is 83.7 Å². The monoisotopic (exact) mass is 376 g/mol. The number of aliphatic hydroxyl groups is 1. The number of hydrogen-bond acceptors (Lipinski definition) is 5. The van der Waals surface area contributed by atoms with E-state index in [1.54, 1.807) is 25.3 Å². The third-order valence-corrected chi connectivity index (χ3v) is 3.95. The van der Waals surface area contributed by atoms with Crippen molar-refractivity contribution in [3.05, 3.63) is 36.1 Å². The highest BCUT2D eigenvalue weighted by Gasteiger charge is 2.12. The van der Waals surface area contributed by atoms with Gasteiger partial charge in [0.25, 0.3) is 0 Å². The number of anilines is 1. The summed E-state index contributed by atoms with van der Waals surface area (Å²) in [5.74, 6) is 2.03. The smallest absolute Gasteiger partial charge is 0.226 e. The highest BCUT2D eigenvalue weighted by atomic mass is 32.1. The van der Waals surface area contributed by atoms with Crippen LogP contribution in [0.2, 0.25) is 0 Å². The molecule has 1 aromatic carbocycles. The van der Waals surface area contributed by atoms with Crippen LogP contribution < -0.4 is 15.4 Å². The molecular formula is C19H24N2O4S. The van der Waals surface area contributed by atoms with Crippen LogP contribution in [0, 0.1) is 5.92 Å². The van der Waals surface area contributed by atoms with Crippen LogP contribution >= 0.6 is 12.2 Å². The number of furan rings is 1. The zero-order chi connectivity index (χ0) is 19.1. The first-order chi connectivity index (χ1) is 12.4. The van der Waals surface area contributed by atoms with Crippen LogP contribution in [0.3, 0.4) is 0 Å². The number of hydrogen-bond donors (Lipinski definition) is 3. The van der Waals surface area contributed by atoms with Crippen LogP contribution in [0.5, 0.6) is 5.75 Å². The summed E-state index contributed by atoms with van der Waals surface area (Å²) in [6, 6.07) is 8.89. The minimum atomic E-state index is -0.160. The summed E-state index contributed by atoms with van der Waals surface area (Å²) in [5, 5.41) is 15.0. The van der Waals surface area contributed by atoms with Gasteiger partial charge in [-0.05, 0) is 48.8 Å². The Balaban J connectivity index is 2.04. The van der Waals surface area contributed by atoms with E-state index in [4.69, 9.17) is 26.5 Å². The fourth-order valence-corrected chi connectivity index (χ4v) is 2.58. The zero-order valence-corrected chi connectivity index (χ0v) is 16.0. The van der Waals surface area contributed by atoms with E-state index in [1.807, 2.05) is 12.1 Å². The molecule has 0 aliphatic carbocycles. The van der Waals surface area contributed by atoms with Gasteiger partial charge in [-0.1, -0.05) is 13.8 Å². The van der Waals surface area contributed by atoms with Crippen LogP contribution in [0.4, 0.5) is 5.69 Å². The number of rotatable bonds is 7. The van der Waals surface area contributed by atoms with E-state index in [1.165, 1.54) is 0 Å². The van der Waals surface area contributed by atoms with Gasteiger partial charge in [0.15, 0.2) is 5.11 Å². The molecule has 7 heteroatoms. The van der Waals surface area contributed by atoms with E-state index in [0.29, 0.717) is 35.3 Å². The van der Waals surface area contributed by atoms with Gasteiger partial charge in [-0.15, -0.1) is 0 Å². The summed E-state index contributed by atoms with van der Waals surface area (Å²) in [6.07, 6.45) is 1.25. The second-order valence-electron chi connectivity index (χ2n) is 6.27. The number of ether oxygens (including phenoxy) is 1. The van der Waals surface area contributed by atoms with Crippen molar-refractivity contribution >= 4 is 28.9 Å². The summed E-state index contributed by atoms with van der Waals surface area (Å²) in [6.45, 7) is 3.98. The second-order valence-corrected chi connectivity index (χ2v) is 6.68. The lowest BCUT2D eigenvalue weighted by Gasteiger charge is -2.13. The maximum Gasteiger partial charge on any atom is 0.226 e. The molecule has 0 fully saturated rings. The highest BCUT2D eigenvalue weighted by Crippen LogP contribution is 2.33. The fourth-order valence-electron chi connectivity index (χ4n) is 2.35. The van der Waals surface area contributed by atoms with E-state index in [0.717, 1.165) is 12.0 Å². The molecule has 1 heterocycles. The summed E-state index contributed by atoms with van der Waals surface area (Å²) in [4.78, 5) is 11.8. The summed E-state index contributed by atoms with van der Waals surface area (Å²) >= 11 is 5.19. The van der Waals surface area contributed by atoms with E-state index in [2.05, 4.69) is 24.5 Å². The summed E-state index contributed by atoms with van der Waals surface area (Å²) < 4.78 is 11.0. The molecule has 0 spiro atoms. The summed E-state index contributed by atoms with van der Waals surface area (Å²) in [7, 11) is 1.56. The number of carbonyl (C=O) groups is 1. The average molecular weight is 376 g/mol. The van der Waals surface area contributed by atoms with Gasteiger partial charge in [-0.25, -0.2) is 0 Å². The maximum absolute atomic E-state index is 11.8. The Labute approximate surface area is 158 Å². The van der Waals surface area contributed by atoms with Crippen LogP contribution in [-0.2, 0) is 11.4 Å². The molecule has 140 valence electrons. The van der Waals surface area contributed by atoms with E-state index in [-0.39, 0.29) is 17.6 Å². The van der Waals surface area contributed by atoms with Gasteiger partial charge in [-0.3, -0.25) is 4.79 Å². The van der Waals surface area contributed by atoms with Crippen molar-refractivity contribution in [3.63, 3.8) is 0 Å². The van der Waals surface area contributed by atoms with E-state index in [9.17, 15) is 4.79 Å². The number of carbonyl (C=O) groups excluding carboxylic acids is 1. The Bertz CT molecular complexity index is 771. The molecule has 26 heavy (non-hydrogen) atoms. The molecule has 1 amide bonds. The van der Waals surface area contributed by atoms with E-state index < -0.39 is 0 Å². The maximum atomic E-state index is 11.8. The quantitative estimate of drug-likeness (QED) is 0.639. The normalized spacial score (nSPS) is 10.7. The van der Waals surface area contributed by atoms with E-state index >= 15 is 0 Å². The second kappa shape index (κ2) is 9.35. The molecule has 0 unspecified atom stereocenters. The Hall–Kier alpha value is -2.38. The predicted molar refractivity (Wildman–Crippen MR) is 105 cm³/mol. The average Bonchev–Trinajstić information content (AvgIpc) is 3.08. The summed E-state index contributed by atoms with van der Waals surface area (Å²) in [5.41, 5.74) is 1.44. The number of benzene rings is 1. The highest BCUT2D eigenvalue weighted by molar-refractivity contribution is 7.80. The number of thiocarbonyl (C=S) groups is 1. The number of methoxy groups -OCH3 is 1. The Morgan fingerprint density at radius 2 is 2.08 bits per heavy atom. The first-order valence-electron chi connectivity index (χ1n) is 8.41. The number of nitrogens with one attached hydrogen (secondary N) is 2. The molecular weight excluding hydrogens is 352 g/mol. The minimum absolute atomic E-state index is 0.105. The lowest BCUT2D eigenvalue weighted by atomic mass is 10.1. The van der Waals surface area contributed by atoms with Crippen LogP contribution in [0.25, 0.3) is 11.3 Å². The van der Waals surface area contributed by atoms with Crippen LogP contribution in [0.15, 0.2) is 34.7 Å². The molecule has 0 atom stereocenters. The number of aliphatic hydroxyl groups excluding tert-OH is 1. The molecule has 0 radical (unpaired) electrons. The third-order valence-electron chi connectivity index (χ3n) is 3.74. The van der Waals surface area contributed by atoms with Crippen molar-refractivity contribution in [2.45, 2.75) is 33.3 Å². The Morgan fingerprint density at radius 3 is 2.69 bits per heavy atom. The molecule has 0 aliphatic rings. The molecule has 2 aromatic rings. The standard InChI is InChI=1S/C19H24N2O4S/c1-12(2)4-9-18(23)21-19(26)20-13-5-7-15(17(10-13)24-3)16-8-6-14(11-22)25-16/h5-8,10,12,22H,4,9,11H2,1-3H3,(H2,20,21,23,26). The van der Waals surface area contributed by atoms with Gasteiger partial charge in [0.1, 0.15) is 23.9 Å². The van der Waals surface area contributed by atoms with Gasteiger partial charge >= 0.3 is 0 Å². The molecule has 3 N–H and O–H groups in total. The molecule has 0 saturated carbocycles. The van der Waals surface area contributed by atoms with Crippen molar-refractivity contribution < 1.29 is 19.1 Å². The third kappa shape index (κ3) is 5.57. The first kappa shape index (κ1) is 19.9. The molecule has 0 aliphatic heterocycles. The minimum Gasteiger partial charge on any atom is -0.496 e. The zero-order valence-electron chi connectivity index (χ0n) is 15.2. The first-order valence-corrected chi connectivity index (χ1v) is 8.82. The Kier molecular flexibility index (Phi) is 7.17. The van der Waals surface area contributed by atoms with Crippen molar-refractivity contribution in [1.82, 2.24) is 5.32 Å². The molecule has 6 nitrogen and oxygen atoms in total. The lowest BCUT2D eigenvalue weighted by molar-refractivity contribution is -0.119. The van der Waals surface area contributed by atoms with Gasteiger partial charge in [0, 0.05) is 18.2 Å². The van der Waals surface area contributed by atoms with Gasteiger partial charge in [0.05, 0.1) is 12.7 Å². The van der Waals surface area contributed by atoms with Crippen molar-refractivity contribution in [2.24, 2.45) is 5.92 Å². The van der Waals surface area contributed by atoms with Gasteiger partial charge in [-0.2, -0.15) is 0 Å². The molecule has 0 saturated heterocycles. The van der Waals surface area contributed by atoms with Crippen molar-refractivity contribution in [2.75, 3.05) is 12.4 Å². The van der Waals surface area contributed by atoms with Gasteiger partial charge in [0.2, 0.25) is 5.91 Å². The molecule has 1 aromatic heterocycles.